The monoisotopic (exact) mass is 181 g/mol. The van der Waals surface area contributed by atoms with E-state index in [0.717, 1.165) is 6.42 Å². The fourth-order valence-electron chi connectivity index (χ4n) is 1.64. The van der Waals surface area contributed by atoms with Gasteiger partial charge in [-0.15, -0.1) is 6.58 Å². The maximum absolute atomic E-state index is 3.72. The van der Waals surface area contributed by atoms with E-state index in [1.807, 2.05) is 6.08 Å². The first-order valence-corrected chi connectivity index (χ1v) is 4.83. The molecule has 2 rings (SSSR count). The highest BCUT2D eigenvalue weighted by atomic mass is 14.0. The molecule has 0 heterocycles. The van der Waals surface area contributed by atoms with Crippen molar-refractivity contribution in [3.63, 3.8) is 0 Å². The smallest absolute Gasteiger partial charge is 0.00493 e. The molecule has 0 N–H and O–H groups in total. The van der Waals surface area contributed by atoms with E-state index in [9.17, 15) is 0 Å². The largest absolute Gasteiger partial charge is 0.103 e. The highest BCUT2D eigenvalue weighted by Crippen LogP contribution is 2.20. The van der Waals surface area contributed by atoms with Gasteiger partial charge in [0.1, 0.15) is 0 Å². The SMILES string of the molecule is C=CC[CH]c1cccc2ccccc12. The molecular weight excluding hydrogens is 168 g/mol. The van der Waals surface area contributed by atoms with Crippen molar-refractivity contribution in [1.29, 1.82) is 0 Å². The van der Waals surface area contributed by atoms with E-state index in [4.69, 9.17) is 0 Å². The topological polar surface area (TPSA) is 0 Å². The predicted octanol–water partition coefficient (Wildman–Crippen LogP) is 3.97. The summed E-state index contributed by atoms with van der Waals surface area (Å²) < 4.78 is 0. The van der Waals surface area contributed by atoms with E-state index in [1.165, 1.54) is 16.3 Å². The second-order valence-electron chi connectivity index (χ2n) is 3.30. The van der Waals surface area contributed by atoms with Gasteiger partial charge in [0.05, 0.1) is 0 Å². The highest BCUT2D eigenvalue weighted by Gasteiger charge is 1.98. The van der Waals surface area contributed by atoms with Crippen LogP contribution in [-0.2, 0) is 0 Å². The predicted molar refractivity (Wildman–Crippen MR) is 62.2 cm³/mol. The molecule has 0 unspecified atom stereocenters. The van der Waals surface area contributed by atoms with Gasteiger partial charge in [0.25, 0.3) is 0 Å². The number of rotatable bonds is 3. The minimum absolute atomic E-state index is 0.925. The molecule has 2 aromatic rings. The molecule has 2 aromatic carbocycles. The first-order chi connectivity index (χ1) is 6.92. The fraction of sp³-hybridized carbons (Fsp3) is 0.0714. The van der Waals surface area contributed by atoms with Crippen LogP contribution in [0.2, 0.25) is 0 Å². The van der Waals surface area contributed by atoms with Crippen LogP contribution in [0.5, 0.6) is 0 Å². The average molecular weight is 181 g/mol. The number of hydrogen-bond donors (Lipinski definition) is 0. The molecular formula is C14H13. The lowest BCUT2D eigenvalue weighted by molar-refractivity contribution is 1.26. The van der Waals surface area contributed by atoms with Crippen molar-refractivity contribution in [3.05, 3.63) is 67.1 Å². The summed E-state index contributed by atoms with van der Waals surface area (Å²) in [6.45, 7) is 3.72. The minimum Gasteiger partial charge on any atom is -0.103 e. The molecule has 0 amide bonds. The van der Waals surface area contributed by atoms with E-state index in [1.54, 1.807) is 0 Å². The lowest BCUT2D eigenvalue weighted by atomic mass is 10.0. The van der Waals surface area contributed by atoms with Crippen molar-refractivity contribution in [2.75, 3.05) is 0 Å². The Morgan fingerprint density at radius 3 is 2.64 bits per heavy atom. The molecule has 0 aliphatic carbocycles. The van der Waals surface area contributed by atoms with Gasteiger partial charge in [-0.25, -0.2) is 0 Å². The van der Waals surface area contributed by atoms with Gasteiger partial charge in [0.2, 0.25) is 0 Å². The molecule has 0 saturated heterocycles. The maximum atomic E-state index is 3.72. The molecule has 0 spiro atoms. The van der Waals surface area contributed by atoms with Crippen LogP contribution in [0, 0.1) is 6.42 Å². The van der Waals surface area contributed by atoms with Gasteiger partial charge < -0.3 is 0 Å². The van der Waals surface area contributed by atoms with Crippen molar-refractivity contribution in [3.8, 4) is 0 Å². The Labute approximate surface area is 84.9 Å². The minimum atomic E-state index is 0.925. The first-order valence-electron chi connectivity index (χ1n) is 4.83. The Hall–Kier alpha value is -1.56. The quantitative estimate of drug-likeness (QED) is 0.628. The van der Waals surface area contributed by atoms with E-state index in [0.29, 0.717) is 0 Å². The first kappa shape index (κ1) is 9.01. The normalized spacial score (nSPS) is 10.3. The summed E-state index contributed by atoms with van der Waals surface area (Å²) in [5.74, 6) is 0. The van der Waals surface area contributed by atoms with Crippen LogP contribution >= 0.6 is 0 Å². The van der Waals surface area contributed by atoms with Crippen LogP contribution < -0.4 is 0 Å². The fourth-order valence-corrected chi connectivity index (χ4v) is 1.64. The number of hydrogen-bond acceptors (Lipinski definition) is 0. The van der Waals surface area contributed by atoms with Gasteiger partial charge in [0, 0.05) is 0 Å². The molecule has 14 heavy (non-hydrogen) atoms. The van der Waals surface area contributed by atoms with Gasteiger partial charge in [-0.2, -0.15) is 0 Å². The zero-order chi connectivity index (χ0) is 9.80. The van der Waals surface area contributed by atoms with Gasteiger partial charge in [-0.1, -0.05) is 48.5 Å². The van der Waals surface area contributed by atoms with E-state index < -0.39 is 0 Å². The standard InChI is InChI=1S/C14H13/c1-2-3-7-12-9-6-10-13-8-4-5-11-14(12)13/h2,4-11H,1,3H2. The molecule has 69 valence electrons. The van der Waals surface area contributed by atoms with E-state index in [2.05, 4.69) is 55.5 Å². The molecule has 0 fully saturated rings. The van der Waals surface area contributed by atoms with Gasteiger partial charge in [0.15, 0.2) is 0 Å². The third-order valence-corrected chi connectivity index (χ3v) is 2.33. The van der Waals surface area contributed by atoms with Crippen LogP contribution in [0.15, 0.2) is 55.1 Å². The Bertz CT molecular complexity index is 435. The summed E-state index contributed by atoms with van der Waals surface area (Å²) in [5, 5.41) is 2.61. The lowest BCUT2D eigenvalue weighted by Gasteiger charge is -2.03. The number of fused-ring (bicyclic) bond motifs is 1. The van der Waals surface area contributed by atoms with Crippen LogP contribution in [0.3, 0.4) is 0 Å². The summed E-state index contributed by atoms with van der Waals surface area (Å²) in [7, 11) is 0. The second kappa shape index (κ2) is 4.10. The van der Waals surface area contributed by atoms with Crippen molar-refractivity contribution in [2.45, 2.75) is 6.42 Å². The summed E-state index contributed by atoms with van der Waals surface area (Å²) in [5.41, 5.74) is 1.29. The summed E-state index contributed by atoms with van der Waals surface area (Å²) >= 11 is 0. The zero-order valence-corrected chi connectivity index (χ0v) is 8.11. The molecule has 0 heteroatoms. The molecule has 0 bridgehead atoms. The van der Waals surface area contributed by atoms with Crippen LogP contribution in [-0.4, -0.2) is 0 Å². The second-order valence-corrected chi connectivity index (χ2v) is 3.30. The summed E-state index contributed by atoms with van der Waals surface area (Å²) in [6.07, 6.45) is 5.05. The Kier molecular flexibility index (Phi) is 2.64. The van der Waals surface area contributed by atoms with Gasteiger partial charge in [-0.3, -0.25) is 0 Å². The maximum Gasteiger partial charge on any atom is -0.00493 e. The summed E-state index contributed by atoms with van der Waals surface area (Å²) in [6, 6.07) is 14.8. The van der Waals surface area contributed by atoms with Crippen molar-refractivity contribution in [1.82, 2.24) is 0 Å². The molecule has 0 aliphatic heterocycles. The molecule has 0 aromatic heterocycles. The molecule has 0 atom stereocenters. The summed E-state index contributed by atoms with van der Waals surface area (Å²) in [4.78, 5) is 0. The van der Waals surface area contributed by atoms with Gasteiger partial charge >= 0.3 is 0 Å². The van der Waals surface area contributed by atoms with Gasteiger partial charge in [-0.05, 0) is 29.2 Å². The lowest BCUT2D eigenvalue weighted by Crippen LogP contribution is -1.82. The van der Waals surface area contributed by atoms with Crippen molar-refractivity contribution >= 4 is 10.8 Å². The van der Waals surface area contributed by atoms with Crippen LogP contribution in [0.4, 0.5) is 0 Å². The van der Waals surface area contributed by atoms with Crippen molar-refractivity contribution < 1.29 is 0 Å². The van der Waals surface area contributed by atoms with E-state index >= 15 is 0 Å². The third kappa shape index (κ3) is 1.69. The zero-order valence-electron chi connectivity index (χ0n) is 8.11. The molecule has 0 saturated carbocycles. The van der Waals surface area contributed by atoms with Crippen LogP contribution in [0.1, 0.15) is 12.0 Å². The molecule has 0 nitrogen and oxygen atoms in total. The van der Waals surface area contributed by atoms with Crippen molar-refractivity contribution in [2.24, 2.45) is 0 Å². The molecule has 1 radical (unpaired) electrons. The van der Waals surface area contributed by atoms with E-state index in [-0.39, 0.29) is 0 Å². The Morgan fingerprint density at radius 1 is 1.00 bits per heavy atom. The Morgan fingerprint density at radius 2 is 1.79 bits per heavy atom. The Balaban J connectivity index is 2.48. The number of benzene rings is 2. The average Bonchev–Trinajstić information content (AvgIpc) is 2.26. The highest BCUT2D eigenvalue weighted by molar-refractivity contribution is 5.86. The van der Waals surface area contributed by atoms with Crippen LogP contribution in [0.25, 0.3) is 10.8 Å². The third-order valence-electron chi connectivity index (χ3n) is 2.33. The molecule has 0 aliphatic rings. The number of allylic oxidation sites excluding steroid dienone is 1.